The summed E-state index contributed by atoms with van der Waals surface area (Å²) in [5, 5.41) is 56.6. The molecule has 1 aromatic carbocycles. The molecule has 0 saturated heterocycles. The van der Waals surface area contributed by atoms with Crippen LogP contribution in [0.3, 0.4) is 0 Å². The number of hydrogen-bond donors (Lipinski definition) is 10. The Hall–Kier alpha value is -4.42. The van der Waals surface area contributed by atoms with Gasteiger partial charge in [-0.25, -0.2) is 4.79 Å². The third-order valence-corrected chi connectivity index (χ3v) is 7.23. The lowest BCUT2D eigenvalue weighted by Gasteiger charge is -2.27. The standard InChI is InChI=1S/C28H41N5O12S/c1-14(34)23(33-24(40)17(29)11-12-46-2)27(43)31-19(8-10-22(38)39)25(41)30-18(7-9-21(36)37)26(42)32-20(28(44)45)13-15-3-5-16(35)6-4-15/h3-6,14,17-20,23,34-35H,7-13,29H2,1-2H3,(H,30,41)(H,31,43)(H,32,42)(H,33,40)(H,36,37)(H,38,39)(H,44,45)/t14-,17+,18+,19+,20+,23+/m1/s1. The van der Waals surface area contributed by atoms with E-state index in [-0.39, 0.29) is 18.6 Å². The van der Waals surface area contributed by atoms with Crippen LogP contribution in [0.2, 0.25) is 0 Å². The Kier molecular flexibility index (Phi) is 17.1. The molecule has 11 N–H and O–H groups in total. The molecule has 17 nitrogen and oxygen atoms in total. The van der Waals surface area contributed by atoms with Crippen LogP contribution in [0.1, 0.15) is 44.6 Å². The highest BCUT2D eigenvalue weighted by Gasteiger charge is 2.33. The van der Waals surface area contributed by atoms with Gasteiger partial charge in [0.05, 0.1) is 12.1 Å². The summed E-state index contributed by atoms with van der Waals surface area (Å²) in [5.41, 5.74) is 6.25. The maximum Gasteiger partial charge on any atom is 0.326 e. The zero-order valence-corrected chi connectivity index (χ0v) is 26.1. The minimum atomic E-state index is -1.64. The number of aliphatic carboxylic acids is 3. The molecule has 18 heteroatoms. The van der Waals surface area contributed by atoms with Gasteiger partial charge in [-0.15, -0.1) is 0 Å². The molecule has 0 fully saturated rings. The number of carboxylic acid groups (broad SMARTS) is 3. The lowest BCUT2D eigenvalue weighted by atomic mass is 10.0. The van der Waals surface area contributed by atoms with Crippen molar-refractivity contribution in [3.05, 3.63) is 29.8 Å². The summed E-state index contributed by atoms with van der Waals surface area (Å²) in [4.78, 5) is 86.3. The van der Waals surface area contributed by atoms with Gasteiger partial charge in [-0.1, -0.05) is 12.1 Å². The van der Waals surface area contributed by atoms with Gasteiger partial charge in [-0.2, -0.15) is 11.8 Å². The summed E-state index contributed by atoms with van der Waals surface area (Å²) in [6.07, 6.45) is -1.91. The first-order valence-corrected chi connectivity index (χ1v) is 15.5. The number of carboxylic acids is 3. The lowest BCUT2D eigenvalue weighted by molar-refractivity contribution is -0.143. The fourth-order valence-corrected chi connectivity index (χ4v) is 4.48. The Balaban J connectivity index is 3.18. The maximum atomic E-state index is 13.3. The number of aromatic hydroxyl groups is 1. The first-order valence-electron chi connectivity index (χ1n) is 14.1. The molecule has 0 aliphatic carbocycles. The number of nitrogens with two attached hydrogens (primary N) is 1. The molecule has 1 rings (SSSR count). The number of phenols is 1. The summed E-state index contributed by atoms with van der Waals surface area (Å²) in [6.45, 7) is 1.19. The van der Waals surface area contributed by atoms with Crippen LogP contribution in [0.4, 0.5) is 0 Å². The number of hydrogen-bond acceptors (Lipinski definition) is 11. The Morgan fingerprint density at radius 1 is 0.739 bits per heavy atom. The number of benzene rings is 1. The van der Waals surface area contributed by atoms with E-state index in [9.17, 15) is 54.0 Å². The molecule has 4 amide bonds. The fourth-order valence-electron chi connectivity index (χ4n) is 3.99. The van der Waals surface area contributed by atoms with Gasteiger partial charge in [-0.05, 0) is 55.9 Å². The predicted octanol–water partition coefficient (Wildman–Crippen LogP) is -1.85. The van der Waals surface area contributed by atoms with Crippen molar-refractivity contribution in [1.29, 1.82) is 0 Å². The van der Waals surface area contributed by atoms with Crippen LogP contribution in [-0.4, -0.2) is 115 Å². The van der Waals surface area contributed by atoms with Gasteiger partial charge in [0.2, 0.25) is 23.6 Å². The van der Waals surface area contributed by atoms with Crippen LogP contribution < -0.4 is 27.0 Å². The van der Waals surface area contributed by atoms with Crippen molar-refractivity contribution >= 4 is 53.3 Å². The summed E-state index contributed by atoms with van der Waals surface area (Å²) >= 11 is 1.44. The number of carbonyl (C=O) groups excluding carboxylic acids is 4. The molecule has 0 saturated carbocycles. The van der Waals surface area contributed by atoms with Gasteiger partial charge in [0.25, 0.3) is 0 Å². The third kappa shape index (κ3) is 14.6. The average Bonchev–Trinajstić information content (AvgIpc) is 2.98. The number of amides is 4. The normalized spacial score (nSPS) is 14.8. The highest BCUT2D eigenvalue weighted by Crippen LogP contribution is 2.12. The van der Waals surface area contributed by atoms with E-state index >= 15 is 0 Å². The van der Waals surface area contributed by atoms with Crippen molar-refractivity contribution in [3.63, 3.8) is 0 Å². The van der Waals surface area contributed by atoms with Gasteiger partial charge < -0.3 is 52.5 Å². The highest BCUT2D eigenvalue weighted by molar-refractivity contribution is 7.98. The van der Waals surface area contributed by atoms with Crippen LogP contribution in [-0.2, 0) is 40.0 Å². The zero-order valence-electron chi connectivity index (χ0n) is 25.3. The molecule has 0 aromatic heterocycles. The molecule has 256 valence electrons. The van der Waals surface area contributed by atoms with E-state index in [1.54, 1.807) is 6.26 Å². The largest absolute Gasteiger partial charge is 0.508 e. The molecule has 0 aliphatic rings. The van der Waals surface area contributed by atoms with Crippen molar-refractivity contribution in [1.82, 2.24) is 21.3 Å². The molecule has 0 spiro atoms. The van der Waals surface area contributed by atoms with Crippen molar-refractivity contribution < 1.29 is 59.1 Å². The number of nitrogens with one attached hydrogen (secondary N) is 4. The van der Waals surface area contributed by atoms with Gasteiger partial charge >= 0.3 is 17.9 Å². The van der Waals surface area contributed by atoms with E-state index in [0.717, 1.165) is 0 Å². The third-order valence-electron chi connectivity index (χ3n) is 6.58. The molecule has 1 aromatic rings. The minimum absolute atomic E-state index is 0.0717. The van der Waals surface area contributed by atoms with Gasteiger partial charge in [0, 0.05) is 19.3 Å². The number of aliphatic hydroxyl groups excluding tert-OH is 1. The zero-order chi connectivity index (χ0) is 35.0. The Bertz CT molecular complexity index is 1230. The van der Waals surface area contributed by atoms with Crippen LogP contribution in [0.15, 0.2) is 24.3 Å². The topological polar surface area (TPSA) is 295 Å². The van der Waals surface area contributed by atoms with Gasteiger partial charge in [0.15, 0.2) is 0 Å². The smallest absolute Gasteiger partial charge is 0.326 e. The second-order valence-electron chi connectivity index (χ2n) is 10.4. The van der Waals surface area contributed by atoms with E-state index in [1.165, 1.54) is 43.0 Å². The van der Waals surface area contributed by atoms with Gasteiger partial charge in [0.1, 0.15) is 29.9 Å². The molecule has 0 radical (unpaired) electrons. The first kappa shape index (κ1) is 39.6. The quantitative estimate of drug-likeness (QED) is 0.0686. The number of phenolic OH excluding ortho intramolecular Hbond substituents is 1. The van der Waals surface area contributed by atoms with Crippen LogP contribution >= 0.6 is 11.8 Å². The van der Waals surface area contributed by atoms with E-state index in [1.807, 2.05) is 0 Å². The molecule has 6 atom stereocenters. The summed E-state index contributed by atoms with van der Waals surface area (Å²) in [6, 6.07) is -1.93. The molecule has 0 bridgehead atoms. The fraction of sp³-hybridized carbons (Fsp3) is 0.536. The van der Waals surface area contributed by atoms with E-state index in [4.69, 9.17) is 10.8 Å². The lowest BCUT2D eigenvalue weighted by Crippen LogP contribution is -2.60. The Labute approximate surface area is 268 Å². The minimum Gasteiger partial charge on any atom is -0.508 e. The highest BCUT2D eigenvalue weighted by atomic mass is 32.2. The summed E-state index contributed by atoms with van der Waals surface area (Å²) in [5.74, 6) is -7.68. The SMILES string of the molecule is CSCC[C@H](N)C(=O)N[C@H](C(=O)N[C@@H](CCC(=O)O)C(=O)N[C@@H](CCC(=O)O)C(=O)N[C@@H](Cc1ccc(O)cc1)C(=O)O)[C@@H](C)O. The van der Waals surface area contributed by atoms with Crippen molar-refractivity contribution in [3.8, 4) is 5.75 Å². The van der Waals surface area contributed by atoms with E-state index in [2.05, 4.69) is 21.3 Å². The monoisotopic (exact) mass is 671 g/mol. The number of carbonyl (C=O) groups is 7. The Morgan fingerprint density at radius 2 is 1.22 bits per heavy atom. The summed E-state index contributed by atoms with van der Waals surface area (Å²) in [7, 11) is 0. The molecule has 0 heterocycles. The predicted molar refractivity (Wildman–Crippen MR) is 164 cm³/mol. The van der Waals surface area contributed by atoms with Crippen LogP contribution in [0, 0.1) is 0 Å². The van der Waals surface area contributed by atoms with E-state index < -0.39 is 104 Å². The second kappa shape index (κ2) is 19.9. The first-order chi connectivity index (χ1) is 21.5. The second-order valence-corrected chi connectivity index (χ2v) is 11.4. The van der Waals surface area contributed by atoms with Crippen molar-refractivity contribution in [2.24, 2.45) is 5.73 Å². The summed E-state index contributed by atoms with van der Waals surface area (Å²) < 4.78 is 0. The van der Waals surface area contributed by atoms with E-state index in [0.29, 0.717) is 11.3 Å². The Morgan fingerprint density at radius 3 is 1.65 bits per heavy atom. The molecule has 0 unspecified atom stereocenters. The number of rotatable bonds is 21. The average molecular weight is 672 g/mol. The van der Waals surface area contributed by atoms with Gasteiger partial charge in [-0.3, -0.25) is 28.8 Å². The van der Waals surface area contributed by atoms with Crippen LogP contribution in [0.5, 0.6) is 5.75 Å². The molecular weight excluding hydrogens is 630 g/mol. The molecular formula is C28H41N5O12S. The number of thioether (sulfide) groups is 1. The van der Waals surface area contributed by atoms with Crippen molar-refractivity contribution in [2.75, 3.05) is 12.0 Å². The molecule has 46 heavy (non-hydrogen) atoms. The molecule has 0 aliphatic heterocycles. The van der Waals surface area contributed by atoms with Crippen molar-refractivity contribution in [2.45, 2.75) is 81.8 Å². The van der Waals surface area contributed by atoms with Crippen LogP contribution in [0.25, 0.3) is 0 Å². The maximum absolute atomic E-state index is 13.3. The number of aliphatic hydroxyl groups is 1.